The molecule has 0 saturated carbocycles. The van der Waals surface area contributed by atoms with E-state index in [-0.39, 0.29) is 18.5 Å². The fourth-order valence-corrected chi connectivity index (χ4v) is 4.19. The summed E-state index contributed by atoms with van der Waals surface area (Å²) in [6, 6.07) is 19.5. The first-order valence-corrected chi connectivity index (χ1v) is 11.8. The van der Waals surface area contributed by atoms with Crippen LogP contribution in [-0.4, -0.2) is 36.6 Å². The van der Waals surface area contributed by atoms with Gasteiger partial charge >= 0.3 is 0 Å². The van der Waals surface area contributed by atoms with Gasteiger partial charge in [-0.15, -0.1) is 0 Å². The highest BCUT2D eigenvalue weighted by Gasteiger charge is 2.34. The van der Waals surface area contributed by atoms with Crippen molar-refractivity contribution in [1.82, 2.24) is 10.6 Å². The lowest BCUT2D eigenvalue weighted by Gasteiger charge is -2.22. The first kappa shape index (κ1) is 25.7. The van der Waals surface area contributed by atoms with E-state index in [2.05, 4.69) is 15.6 Å². The largest absolute Gasteiger partial charge is 0.351 e. The van der Waals surface area contributed by atoms with Crippen LogP contribution in [0.3, 0.4) is 0 Å². The first-order chi connectivity index (χ1) is 17.8. The number of carbonyl (C=O) groups is 3. The van der Waals surface area contributed by atoms with Crippen molar-refractivity contribution in [3.8, 4) is 0 Å². The zero-order valence-electron chi connectivity index (χ0n) is 20.4. The van der Waals surface area contributed by atoms with Gasteiger partial charge in [0.25, 0.3) is 5.91 Å². The van der Waals surface area contributed by atoms with Crippen molar-refractivity contribution in [3.05, 3.63) is 101 Å². The van der Waals surface area contributed by atoms with Crippen LogP contribution in [0.4, 0.5) is 14.5 Å². The standard InChI is InChI=1S/C28H26F2N4O3/c1-3-21(26(35)31-16-17-13-19(29)15-20(30)14-17)27(36)33-25-28(37)34(2)23-12-8-7-11-22(23)24(32-25)18-9-5-4-6-10-18/h4-15,21,25H,3,16H2,1-2H3,(H,31,35)(H,33,36). The molecule has 1 aliphatic heterocycles. The van der Waals surface area contributed by atoms with Gasteiger partial charge in [0.2, 0.25) is 18.0 Å². The van der Waals surface area contributed by atoms with E-state index in [1.165, 1.54) is 4.90 Å². The summed E-state index contributed by atoms with van der Waals surface area (Å²) < 4.78 is 26.9. The molecule has 0 fully saturated rings. The van der Waals surface area contributed by atoms with Crippen LogP contribution in [0.25, 0.3) is 0 Å². The highest BCUT2D eigenvalue weighted by atomic mass is 19.1. The number of aliphatic imine (C=N–C) groups is 1. The molecule has 37 heavy (non-hydrogen) atoms. The Labute approximate surface area is 213 Å². The number of likely N-dealkylation sites (N-methyl/N-ethyl adjacent to an activating group) is 1. The lowest BCUT2D eigenvalue weighted by molar-refractivity contribution is -0.137. The molecule has 190 valence electrons. The highest BCUT2D eigenvalue weighted by Crippen LogP contribution is 2.27. The van der Waals surface area contributed by atoms with Gasteiger partial charge in [-0.25, -0.2) is 13.8 Å². The summed E-state index contributed by atoms with van der Waals surface area (Å²) >= 11 is 0. The molecule has 2 atom stereocenters. The molecule has 0 aliphatic carbocycles. The van der Waals surface area contributed by atoms with E-state index in [0.29, 0.717) is 11.4 Å². The number of rotatable bonds is 7. The van der Waals surface area contributed by atoms with Gasteiger partial charge in [-0.1, -0.05) is 55.5 Å². The van der Waals surface area contributed by atoms with E-state index < -0.39 is 41.4 Å². The molecule has 4 rings (SSSR count). The van der Waals surface area contributed by atoms with Gasteiger partial charge in [0.05, 0.1) is 11.4 Å². The van der Waals surface area contributed by atoms with Crippen molar-refractivity contribution in [2.45, 2.75) is 26.1 Å². The quantitative estimate of drug-likeness (QED) is 0.482. The van der Waals surface area contributed by atoms with Crippen LogP contribution >= 0.6 is 0 Å². The molecule has 1 aliphatic rings. The number of anilines is 1. The minimum Gasteiger partial charge on any atom is -0.351 e. The van der Waals surface area contributed by atoms with E-state index in [1.807, 2.05) is 48.5 Å². The molecule has 3 amide bonds. The maximum atomic E-state index is 13.5. The maximum absolute atomic E-state index is 13.5. The topological polar surface area (TPSA) is 90.9 Å². The van der Waals surface area contributed by atoms with E-state index in [1.54, 1.807) is 20.0 Å². The number of halogens is 2. The number of hydrogen-bond acceptors (Lipinski definition) is 4. The van der Waals surface area contributed by atoms with E-state index in [9.17, 15) is 23.2 Å². The fraction of sp³-hybridized carbons (Fsp3) is 0.214. The third-order valence-electron chi connectivity index (χ3n) is 6.10. The van der Waals surface area contributed by atoms with Crippen LogP contribution in [0.1, 0.15) is 30.0 Å². The fourth-order valence-electron chi connectivity index (χ4n) is 4.19. The second-order valence-electron chi connectivity index (χ2n) is 8.63. The number of fused-ring (bicyclic) bond motifs is 1. The van der Waals surface area contributed by atoms with Gasteiger partial charge in [-0.05, 0) is 30.2 Å². The van der Waals surface area contributed by atoms with Gasteiger partial charge in [-0.3, -0.25) is 14.4 Å². The average Bonchev–Trinajstić information content (AvgIpc) is 2.98. The minimum atomic E-state index is -1.26. The van der Waals surface area contributed by atoms with Gasteiger partial charge in [-0.2, -0.15) is 0 Å². The molecule has 2 N–H and O–H groups in total. The van der Waals surface area contributed by atoms with Crippen LogP contribution in [0.5, 0.6) is 0 Å². The number of para-hydroxylation sites is 1. The Bertz CT molecular complexity index is 1340. The van der Waals surface area contributed by atoms with Crippen molar-refractivity contribution in [1.29, 1.82) is 0 Å². The molecule has 3 aromatic carbocycles. The van der Waals surface area contributed by atoms with Crippen molar-refractivity contribution >= 4 is 29.1 Å². The molecule has 2 unspecified atom stereocenters. The van der Waals surface area contributed by atoms with Crippen LogP contribution in [-0.2, 0) is 20.9 Å². The number of benzene rings is 3. The molecule has 9 heteroatoms. The van der Waals surface area contributed by atoms with Gasteiger partial charge < -0.3 is 15.5 Å². The SMILES string of the molecule is CCC(C(=O)NCc1cc(F)cc(F)c1)C(=O)NC1N=C(c2ccccc2)c2ccccc2N(C)C1=O. The predicted molar refractivity (Wildman–Crippen MR) is 136 cm³/mol. The molecule has 1 heterocycles. The van der Waals surface area contributed by atoms with Gasteiger partial charge in [0, 0.05) is 30.8 Å². The molecule has 0 radical (unpaired) electrons. The maximum Gasteiger partial charge on any atom is 0.272 e. The average molecular weight is 505 g/mol. The molecule has 0 spiro atoms. The lowest BCUT2D eigenvalue weighted by Crippen LogP contribution is -2.50. The number of benzodiazepines with no additional fused rings is 1. The van der Waals surface area contributed by atoms with Crippen LogP contribution in [0, 0.1) is 17.6 Å². The number of carbonyl (C=O) groups excluding carboxylic acids is 3. The lowest BCUT2D eigenvalue weighted by atomic mass is 10.0. The van der Waals surface area contributed by atoms with Crippen LogP contribution in [0.15, 0.2) is 77.8 Å². The number of nitrogens with one attached hydrogen (secondary N) is 2. The van der Waals surface area contributed by atoms with Crippen LogP contribution < -0.4 is 15.5 Å². The monoisotopic (exact) mass is 504 g/mol. The summed E-state index contributed by atoms with van der Waals surface area (Å²) in [6.07, 6.45) is -1.12. The third kappa shape index (κ3) is 5.72. The summed E-state index contributed by atoms with van der Waals surface area (Å²) in [4.78, 5) is 45.3. The highest BCUT2D eigenvalue weighted by molar-refractivity contribution is 6.20. The van der Waals surface area contributed by atoms with Crippen LogP contribution in [0.2, 0.25) is 0 Å². The molecule has 3 aromatic rings. The van der Waals surface area contributed by atoms with E-state index >= 15 is 0 Å². The molecular formula is C28H26F2N4O3. The molecule has 0 saturated heterocycles. The Morgan fingerprint density at radius 3 is 2.30 bits per heavy atom. The van der Waals surface area contributed by atoms with Crippen molar-refractivity contribution in [2.75, 3.05) is 11.9 Å². The van der Waals surface area contributed by atoms with Crippen molar-refractivity contribution < 1.29 is 23.2 Å². The summed E-state index contributed by atoms with van der Waals surface area (Å²) in [6.45, 7) is 1.50. The summed E-state index contributed by atoms with van der Waals surface area (Å²) in [5, 5.41) is 5.16. The van der Waals surface area contributed by atoms with Crippen molar-refractivity contribution in [3.63, 3.8) is 0 Å². The third-order valence-corrected chi connectivity index (χ3v) is 6.10. The molecule has 0 bridgehead atoms. The van der Waals surface area contributed by atoms with Gasteiger partial charge in [0.15, 0.2) is 0 Å². The molecule has 0 aromatic heterocycles. The number of hydrogen-bond donors (Lipinski definition) is 2. The summed E-state index contributed by atoms with van der Waals surface area (Å²) in [5.41, 5.74) is 2.89. The Kier molecular flexibility index (Phi) is 7.71. The zero-order valence-corrected chi connectivity index (χ0v) is 20.4. The Hall–Kier alpha value is -4.40. The number of nitrogens with zero attached hydrogens (tertiary/aromatic N) is 2. The normalized spacial score (nSPS) is 15.8. The minimum absolute atomic E-state index is 0.140. The van der Waals surface area contributed by atoms with E-state index in [4.69, 9.17) is 0 Å². The smallest absolute Gasteiger partial charge is 0.272 e. The molecule has 7 nitrogen and oxygen atoms in total. The van der Waals surface area contributed by atoms with Gasteiger partial charge in [0.1, 0.15) is 17.6 Å². The Morgan fingerprint density at radius 1 is 0.973 bits per heavy atom. The summed E-state index contributed by atoms with van der Waals surface area (Å²) in [7, 11) is 1.60. The zero-order chi connectivity index (χ0) is 26.5. The second-order valence-corrected chi connectivity index (χ2v) is 8.63. The van der Waals surface area contributed by atoms with E-state index in [0.717, 1.165) is 29.3 Å². The second kappa shape index (κ2) is 11.1. The molecular weight excluding hydrogens is 478 g/mol. The predicted octanol–water partition coefficient (Wildman–Crippen LogP) is 3.56. The van der Waals surface area contributed by atoms with Crippen molar-refractivity contribution in [2.24, 2.45) is 10.9 Å². The Morgan fingerprint density at radius 2 is 1.62 bits per heavy atom. The first-order valence-electron chi connectivity index (χ1n) is 11.8. The Balaban J connectivity index is 1.57. The number of amides is 3. The summed E-state index contributed by atoms with van der Waals surface area (Å²) in [5.74, 6) is -4.44.